The van der Waals surface area contributed by atoms with Gasteiger partial charge in [-0.3, -0.25) is 4.98 Å². The largest absolute Gasteiger partial charge is 0.457 e. The minimum Gasteiger partial charge on any atom is -0.457 e. The van der Waals surface area contributed by atoms with E-state index in [9.17, 15) is 0 Å². The Balaban J connectivity index is 1.93. The number of pyridine rings is 1. The molecule has 4 heteroatoms. The molecule has 0 atom stereocenters. The molecule has 0 saturated carbocycles. The monoisotopic (exact) mass is 298 g/mol. The van der Waals surface area contributed by atoms with Crippen molar-refractivity contribution in [3.05, 3.63) is 65.3 Å². The Bertz CT molecular complexity index is 768. The molecule has 0 radical (unpaired) electrons. The molecule has 1 aromatic heterocycles. The fourth-order valence-corrected chi connectivity index (χ4v) is 2.45. The van der Waals surface area contributed by atoms with Gasteiger partial charge in [0.1, 0.15) is 11.5 Å². The summed E-state index contributed by atoms with van der Waals surface area (Å²) in [7, 11) is 1.89. The molecule has 2 aromatic carbocycles. The fourth-order valence-electron chi connectivity index (χ4n) is 2.22. The van der Waals surface area contributed by atoms with E-state index >= 15 is 0 Å². The Morgan fingerprint density at radius 2 is 2.05 bits per heavy atom. The molecule has 3 aromatic rings. The molecule has 0 aliphatic carbocycles. The molecule has 0 aliphatic rings. The molecule has 1 heterocycles. The number of ether oxygens (including phenoxy) is 1. The van der Waals surface area contributed by atoms with Crippen LogP contribution in [0.25, 0.3) is 10.9 Å². The topological polar surface area (TPSA) is 34.1 Å². The first-order valence-corrected chi connectivity index (χ1v) is 7.10. The lowest BCUT2D eigenvalue weighted by atomic mass is 10.2. The van der Waals surface area contributed by atoms with Gasteiger partial charge in [-0.15, -0.1) is 0 Å². The molecule has 0 fully saturated rings. The lowest BCUT2D eigenvalue weighted by Crippen LogP contribution is -2.05. The molecule has 0 unspecified atom stereocenters. The van der Waals surface area contributed by atoms with Gasteiger partial charge < -0.3 is 10.1 Å². The van der Waals surface area contributed by atoms with Crippen LogP contribution >= 0.6 is 11.6 Å². The first-order chi connectivity index (χ1) is 10.3. The van der Waals surface area contributed by atoms with E-state index in [0.717, 1.165) is 34.5 Å². The van der Waals surface area contributed by atoms with Crippen LogP contribution in [0.2, 0.25) is 5.02 Å². The van der Waals surface area contributed by atoms with Crippen LogP contribution in [-0.2, 0) is 6.54 Å². The summed E-state index contributed by atoms with van der Waals surface area (Å²) in [6.45, 7) is 0.733. The molecule has 0 saturated heterocycles. The molecular weight excluding hydrogens is 284 g/mol. The van der Waals surface area contributed by atoms with Gasteiger partial charge in [-0.25, -0.2) is 0 Å². The Morgan fingerprint density at radius 3 is 2.86 bits per heavy atom. The van der Waals surface area contributed by atoms with Crippen molar-refractivity contribution in [3.63, 3.8) is 0 Å². The predicted octanol–water partition coefficient (Wildman–Crippen LogP) is 4.40. The van der Waals surface area contributed by atoms with Crippen LogP contribution in [0.4, 0.5) is 0 Å². The summed E-state index contributed by atoms with van der Waals surface area (Å²) in [4.78, 5) is 4.33. The zero-order valence-electron chi connectivity index (χ0n) is 11.6. The second kappa shape index (κ2) is 6.12. The Kier molecular flexibility index (Phi) is 4.04. The smallest absolute Gasteiger partial charge is 0.136 e. The lowest BCUT2D eigenvalue weighted by molar-refractivity contribution is 0.488. The van der Waals surface area contributed by atoms with E-state index in [1.54, 1.807) is 6.20 Å². The van der Waals surface area contributed by atoms with Gasteiger partial charge in [0.05, 0.1) is 5.52 Å². The number of halogens is 1. The van der Waals surface area contributed by atoms with E-state index in [-0.39, 0.29) is 0 Å². The number of hydrogen-bond donors (Lipinski definition) is 1. The highest BCUT2D eigenvalue weighted by atomic mass is 35.5. The van der Waals surface area contributed by atoms with E-state index in [1.165, 1.54) is 0 Å². The zero-order valence-corrected chi connectivity index (χ0v) is 12.4. The van der Waals surface area contributed by atoms with Crippen LogP contribution in [0, 0.1) is 0 Å². The van der Waals surface area contributed by atoms with Crippen LogP contribution in [0.1, 0.15) is 5.56 Å². The van der Waals surface area contributed by atoms with Crippen LogP contribution in [0.3, 0.4) is 0 Å². The molecule has 3 nitrogen and oxygen atoms in total. The van der Waals surface area contributed by atoms with E-state index in [4.69, 9.17) is 16.3 Å². The standard InChI is InChI=1S/C17H15ClN2O/c1-19-11-12-7-8-13(10-15(12)18)21-17-6-2-5-16-14(17)4-3-9-20-16/h2-10,19H,11H2,1H3. The summed E-state index contributed by atoms with van der Waals surface area (Å²) in [6.07, 6.45) is 1.77. The number of aromatic nitrogens is 1. The van der Waals surface area contributed by atoms with Crippen molar-refractivity contribution in [3.8, 4) is 11.5 Å². The number of nitrogens with zero attached hydrogens (tertiary/aromatic N) is 1. The van der Waals surface area contributed by atoms with Gasteiger partial charge in [0.2, 0.25) is 0 Å². The van der Waals surface area contributed by atoms with Crippen LogP contribution < -0.4 is 10.1 Å². The van der Waals surface area contributed by atoms with E-state index in [0.29, 0.717) is 5.02 Å². The maximum absolute atomic E-state index is 6.26. The minimum absolute atomic E-state index is 0.695. The molecule has 0 spiro atoms. The van der Waals surface area contributed by atoms with Crippen molar-refractivity contribution in [2.45, 2.75) is 6.54 Å². The number of benzene rings is 2. The van der Waals surface area contributed by atoms with Crippen LogP contribution in [0.15, 0.2) is 54.7 Å². The summed E-state index contributed by atoms with van der Waals surface area (Å²) in [6, 6.07) is 15.5. The van der Waals surface area contributed by atoms with Crippen molar-refractivity contribution < 1.29 is 4.74 Å². The van der Waals surface area contributed by atoms with Crippen molar-refractivity contribution in [1.29, 1.82) is 0 Å². The summed E-state index contributed by atoms with van der Waals surface area (Å²) in [5, 5.41) is 4.76. The maximum Gasteiger partial charge on any atom is 0.136 e. The highest BCUT2D eigenvalue weighted by molar-refractivity contribution is 6.31. The molecule has 0 amide bonds. The van der Waals surface area contributed by atoms with E-state index < -0.39 is 0 Å². The second-order valence-corrected chi connectivity index (χ2v) is 5.12. The number of hydrogen-bond acceptors (Lipinski definition) is 3. The lowest BCUT2D eigenvalue weighted by Gasteiger charge is -2.10. The van der Waals surface area contributed by atoms with Gasteiger partial charge in [-0.05, 0) is 49.0 Å². The van der Waals surface area contributed by atoms with Gasteiger partial charge in [-0.2, -0.15) is 0 Å². The van der Waals surface area contributed by atoms with Crippen molar-refractivity contribution in [2.75, 3.05) is 7.05 Å². The molecule has 1 N–H and O–H groups in total. The first kappa shape index (κ1) is 13.9. The van der Waals surface area contributed by atoms with E-state index in [1.807, 2.05) is 55.6 Å². The minimum atomic E-state index is 0.695. The third-order valence-corrected chi connectivity index (χ3v) is 3.58. The van der Waals surface area contributed by atoms with Crippen LogP contribution in [0.5, 0.6) is 11.5 Å². The quantitative estimate of drug-likeness (QED) is 0.775. The third-order valence-electron chi connectivity index (χ3n) is 3.23. The fraction of sp³-hybridized carbons (Fsp3) is 0.118. The van der Waals surface area contributed by atoms with Gasteiger partial charge in [0, 0.05) is 23.2 Å². The molecule has 0 bridgehead atoms. The summed E-state index contributed by atoms with van der Waals surface area (Å²) >= 11 is 6.26. The zero-order chi connectivity index (χ0) is 14.7. The molecule has 21 heavy (non-hydrogen) atoms. The first-order valence-electron chi connectivity index (χ1n) is 6.72. The predicted molar refractivity (Wildman–Crippen MR) is 86.0 cm³/mol. The SMILES string of the molecule is CNCc1ccc(Oc2cccc3ncccc23)cc1Cl. The average molecular weight is 299 g/mol. The summed E-state index contributed by atoms with van der Waals surface area (Å²) < 4.78 is 5.96. The molecular formula is C17H15ClN2O. The number of nitrogens with one attached hydrogen (secondary N) is 1. The normalized spacial score (nSPS) is 10.8. The number of rotatable bonds is 4. The summed E-state index contributed by atoms with van der Waals surface area (Å²) in [5.74, 6) is 1.49. The van der Waals surface area contributed by atoms with Gasteiger partial charge in [0.15, 0.2) is 0 Å². The Morgan fingerprint density at radius 1 is 1.14 bits per heavy atom. The van der Waals surface area contributed by atoms with Crippen molar-refractivity contribution in [1.82, 2.24) is 10.3 Å². The molecule has 106 valence electrons. The van der Waals surface area contributed by atoms with E-state index in [2.05, 4.69) is 10.3 Å². The number of fused-ring (bicyclic) bond motifs is 1. The van der Waals surface area contributed by atoms with Gasteiger partial charge in [0.25, 0.3) is 0 Å². The third kappa shape index (κ3) is 2.99. The Labute approximate surface area is 128 Å². The second-order valence-electron chi connectivity index (χ2n) is 4.71. The molecule has 0 aliphatic heterocycles. The highest BCUT2D eigenvalue weighted by Gasteiger charge is 2.06. The summed E-state index contributed by atoms with van der Waals surface area (Å²) in [5.41, 5.74) is 1.96. The highest BCUT2D eigenvalue weighted by Crippen LogP contribution is 2.31. The van der Waals surface area contributed by atoms with Crippen molar-refractivity contribution >= 4 is 22.5 Å². The maximum atomic E-state index is 6.26. The molecule has 3 rings (SSSR count). The van der Waals surface area contributed by atoms with Gasteiger partial charge in [-0.1, -0.05) is 23.7 Å². The van der Waals surface area contributed by atoms with Crippen molar-refractivity contribution in [2.24, 2.45) is 0 Å². The van der Waals surface area contributed by atoms with Crippen LogP contribution in [-0.4, -0.2) is 12.0 Å². The van der Waals surface area contributed by atoms with Gasteiger partial charge >= 0.3 is 0 Å². The Hall–Kier alpha value is -2.10. The average Bonchev–Trinajstić information content (AvgIpc) is 2.51.